The summed E-state index contributed by atoms with van der Waals surface area (Å²) in [6.45, 7) is 6.55. The fraction of sp³-hybridized carbons (Fsp3) is 0.148. The molecule has 0 unspecified atom stereocenters. The van der Waals surface area contributed by atoms with Gasteiger partial charge in [-0.2, -0.15) is 4.57 Å². The molecule has 30 heavy (non-hydrogen) atoms. The van der Waals surface area contributed by atoms with Gasteiger partial charge in [-0.3, -0.25) is 0 Å². The molecule has 3 heterocycles. The number of para-hydroxylation sites is 2. The van der Waals surface area contributed by atoms with Crippen molar-refractivity contribution in [2.75, 3.05) is 0 Å². The molecule has 0 atom stereocenters. The summed E-state index contributed by atoms with van der Waals surface area (Å²) in [4.78, 5) is 0. The summed E-state index contributed by atoms with van der Waals surface area (Å²) in [5, 5.41) is 4.93. The molecule has 0 aliphatic rings. The van der Waals surface area contributed by atoms with E-state index < -0.39 is 0 Å². The predicted octanol–water partition coefficient (Wildman–Crippen LogP) is 6.43. The molecule has 0 N–H and O–H groups in total. The molecule has 0 amide bonds. The maximum absolute atomic E-state index is 6.36. The van der Waals surface area contributed by atoms with E-state index in [-0.39, 0.29) is 0 Å². The fourth-order valence-corrected chi connectivity index (χ4v) is 4.87. The van der Waals surface area contributed by atoms with Crippen molar-refractivity contribution in [1.82, 2.24) is 4.57 Å². The van der Waals surface area contributed by atoms with E-state index >= 15 is 0 Å². The first-order valence-corrected chi connectivity index (χ1v) is 10.4. The molecule has 0 aliphatic carbocycles. The lowest BCUT2D eigenvalue weighted by Gasteiger charge is -2.08. The van der Waals surface area contributed by atoms with Gasteiger partial charge in [0.1, 0.15) is 22.2 Å². The first kappa shape index (κ1) is 17.3. The van der Waals surface area contributed by atoms with Crippen LogP contribution >= 0.6 is 0 Å². The normalized spacial score (nSPS) is 12.0. The van der Waals surface area contributed by atoms with Crippen LogP contribution in [0.2, 0.25) is 0 Å². The number of hydrogen-bond donors (Lipinski definition) is 0. The molecular formula is C27H23N2O+. The lowest BCUT2D eigenvalue weighted by atomic mass is 9.98. The van der Waals surface area contributed by atoms with Gasteiger partial charge in [-0.05, 0) is 56.2 Å². The van der Waals surface area contributed by atoms with Gasteiger partial charge in [0.15, 0.2) is 0 Å². The molecule has 0 saturated heterocycles. The topological polar surface area (TPSA) is 21.9 Å². The third-order valence-corrected chi connectivity index (χ3v) is 6.49. The quantitative estimate of drug-likeness (QED) is 0.296. The van der Waals surface area contributed by atoms with Gasteiger partial charge in [-0.25, -0.2) is 4.57 Å². The van der Waals surface area contributed by atoms with Gasteiger partial charge in [0.2, 0.25) is 0 Å². The lowest BCUT2D eigenvalue weighted by Crippen LogP contribution is -2.33. The minimum atomic E-state index is 0.945. The van der Waals surface area contributed by atoms with Gasteiger partial charge in [-0.15, -0.1) is 0 Å². The van der Waals surface area contributed by atoms with E-state index in [0.717, 1.165) is 17.0 Å². The number of furan rings is 1. The second kappa shape index (κ2) is 5.96. The van der Waals surface area contributed by atoms with Gasteiger partial charge in [0.05, 0.1) is 13.2 Å². The van der Waals surface area contributed by atoms with E-state index in [4.69, 9.17) is 4.42 Å². The molecule has 0 saturated carbocycles. The zero-order chi connectivity index (χ0) is 20.6. The summed E-state index contributed by atoms with van der Waals surface area (Å²) < 4.78 is 11.0. The van der Waals surface area contributed by atoms with Crippen LogP contribution < -0.4 is 4.57 Å². The third-order valence-electron chi connectivity index (χ3n) is 6.49. The zero-order valence-electron chi connectivity index (χ0n) is 17.7. The predicted molar refractivity (Wildman–Crippen MR) is 123 cm³/mol. The van der Waals surface area contributed by atoms with Gasteiger partial charge in [-0.1, -0.05) is 30.3 Å². The summed E-state index contributed by atoms with van der Waals surface area (Å²) in [5.41, 5.74) is 8.13. The smallest absolute Gasteiger partial charge is 0.286 e. The van der Waals surface area contributed by atoms with Gasteiger partial charge in [0, 0.05) is 33.2 Å². The minimum absolute atomic E-state index is 0.945. The number of hydrogen-bond acceptors (Lipinski definition) is 1. The van der Waals surface area contributed by atoms with Crippen molar-refractivity contribution in [2.45, 2.75) is 20.8 Å². The van der Waals surface area contributed by atoms with Crippen molar-refractivity contribution < 1.29 is 8.98 Å². The summed E-state index contributed by atoms with van der Waals surface area (Å²) in [5.74, 6) is 1.16. The molecule has 146 valence electrons. The van der Waals surface area contributed by atoms with E-state index in [2.05, 4.69) is 97.7 Å². The summed E-state index contributed by atoms with van der Waals surface area (Å²) in [6, 6.07) is 21.5. The Balaban J connectivity index is 1.97. The maximum Gasteiger partial charge on any atom is 0.286 e. The van der Waals surface area contributed by atoms with Crippen LogP contribution in [0.25, 0.3) is 49.6 Å². The first-order chi connectivity index (χ1) is 14.6. The van der Waals surface area contributed by atoms with Crippen LogP contribution in [0.15, 0.2) is 71.3 Å². The Morgan fingerprint density at radius 3 is 2.37 bits per heavy atom. The molecular weight excluding hydrogens is 368 g/mol. The highest BCUT2D eigenvalue weighted by Crippen LogP contribution is 2.44. The standard InChI is InChI=1S/C27H23N2O/c1-16-13-14-28(4)23(15-16)29-21-11-7-5-9-19(21)24-25-20-10-6-8-12-22(20)30-27(25)18(3)17(2)26(24)29/h5-15H,1-4H3/q+1. The van der Waals surface area contributed by atoms with Gasteiger partial charge >= 0.3 is 0 Å². The van der Waals surface area contributed by atoms with Crippen LogP contribution in [0.3, 0.4) is 0 Å². The van der Waals surface area contributed by atoms with E-state index in [0.29, 0.717) is 0 Å². The van der Waals surface area contributed by atoms with Gasteiger partial charge in [0.25, 0.3) is 5.82 Å². The highest BCUT2D eigenvalue weighted by Gasteiger charge is 2.27. The molecule has 3 nitrogen and oxygen atoms in total. The number of aryl methyl sites for hydroxylation is 4. The molecule has 3 heteroatoms. The molecule has 0 spiro atoms. The van der Waals surface area contributed by atoms with Crippen LogP contribution in [0.1, 0.15) is 16.7 Å². The van der Waals surface area contributed by atoms with Crippen LogP contribution in [0.5, 0.6) is 0 Å². The van der Waals surface area contributed by atoms with Crippen molar-refractivity contribution >= 4 is 43.7 Å². The Kier molecular flexibility index (Phi) is 3.43. The Morgan fingerprint density at radius 1 is 0.800 bits per heavy atom. The second-order valence-corrected chi connectivity index (χ2v) is 8.30. The number of aromatic nitrogens is 2. The van der Waals surface area contributed by atoms with Crippen molar-refractivity contribution in [3.63, 3.8) is 0 Å². The van der Waals surface area contributed by atoms with Crippen molar-refractivity contribution in [3.05, 3.63) is 83.6 Å². The number of rotatable bonds is 1. The van der Waals surface area contributed by atoms with Crippen LogP contribution in [0.4, 0.5) is 0 Å². The Morgan fingerprint density at radius 2 is 1.53 bits per heavy atom. The maximum atomic E-state index is 6.36. The molecule has 6 rings (SSSR count). The van der Waals surface area contributed by atoms with E-state index in [1.165, 1.54) is 49.3 Å². The highest BCUT2D eigenvalue weighted by molar-refractivity contribution is 6.28. The lowest BCUT2D eigenvalue weighted by molar-refractivity contribution is -0.665. The molecule has 0 aliphatic heterocycles. The Labute approximate surface area is 174 Å². The third kappa shape index (κ3) is 2.12. The van der Waals surface area contributed by atoms with Crippen molar-refractivity contribution in [1.29, 1.82) is 0 Å². The summed E-state index contributed by atoms with van der Waals surface area (Å²) >= 11 is 0. The minimum Gasteiger partial charge on any atom is -0.456 e. The number of nitrogens with zero attached hydrogens (tertiary/aromatic N) is 2. The van der Waals surface area contributed by atoms with Crippen molar-refractivity contribution in [3.8, 4) is 5.82 Å². The largest absolute Gasteiger partial charge is 0.456 e. The molecule has 0 radical (unpaired) electrons. The molecule has 0 fully saturated rings. The summed E-state index contributed by atoms with van der Waals surface area (Å²) in [6.07, 6.45) is 2.14. The van der Waals surface area contributed by atoms with Crippen molar-refractivity contribution in [2.24, 2.45) is 7.05 Å². The Bertz CT molecular complexity index is 1630. The SMILES string of the molecule is Cc1cc[n+](C)c(-n2c3ccccc3c3c4c(oc5ccccc54)c(C)c(C)c32)c1. The van der Waals surface area contributed by atoms with E-state index in [1.54, 1.807) is 0 Å². The zero-order valence-corrected chi connectivity index (χ0v) is 17.7. The molecule has 0 bridgehead atoms. The monoisotopic (exact) mass is 391 g/mol. The number of fused-ring (bicyclic) bond motifs is 7. The van der Waals surface area contributed by atoms with Crippen LogP contribution in [-0.2, 0) is 7.05 Å². The fourth-order valence-electron chi connectivity index (χ4n) is 4.87. The molecule has 3 aromatic heterocycles. The average Bonchev–Trinajstić information content (AvgIpc) is 3.30. The first-order valence-electron chi connectivity index (χ1n) is 10.4. The Hall–Kier alpha value is -3.59. The van der Waals surface area contributed by atoms with E-state index in [1.807, 2.05) is 6.07 Å². The second-order valence-electron chi connectivity index (χ2n) is 8.30. The van der Waals surface area contributed by atoms with Crippen LogP contribution in [-0.4, -0.2) is 4.57 Å². The van der Waals surface area contributed by atoms with Crippen LogP contribution in [0, 0.1) is 20.8 Å². The molecule has 6 aromatic rings. The molecule has 3 aromatic carbocycles. The highest BCUT2D eigenvalue weighted by atomic mass is 16.3. The number of benzene rings is 3. The van der Waals surface area contributed by atoms with Gasteiger partial charge < -0.3 is 4.42 Å². The summed E-state index contributed by atoms with van der Waals surface area (Å²) in [7, 11) is 2.11. The number of pyridine rings is 1. The average molecular weight is 391 g/mol. The van der Waals surface area contributed by atoms with E-state index in [9.17, 15) is 0 Å².